The summed E-state index contributed by atoms with van der Waals surface area (Å²) in [5.41, 5.74) is -6.21. The number of ether oxygens (including phenoxy) is 6. The Hall–Kier alpha value is -4.92. The van der Waals surface area contributed by atoms with E-state index in [1.54, 1.807) is 13.8 Å². The molecule has 1 unspecified atom stereocenters. The van der Waals surface area contributed by atoms with Crippen LogP contribution in [-0.4, -0.2) is 93.4 Å². The Morgan fingerprint density at radius 3 is 1.98 bits per heavy atom. The maximum atomic E-state index is 14.6. The largest absolute Gasteiger partial charge is 0.458 e. The number of aromatic nitrogens is 1. The van der Waals surface area contributed by atoms with Crippen LogP contribution in [0.4, 0.5) is 0 Å². The first-order valence-electron chi connectivity index (χ1n) is 17.1. The normalized spacial score (nSPS) is 31.2. The van der Waals surface area contributed by atoms with Crippen molar-refractivity contribution in [1.82, 2.24) is 4.98 Å². The fourth-order valence-electron chi connectivity index (χ4n) is 6.93. The van der Waals surface area contributed by atoms with Crippen molar-refractivity contribution in [1.29, 1.82) is 0 Å². The van der Waals surface area contributed by atoms with E-state index in [-0.39, 0.29) is 11.1 Å². The lowest BCUT2D eigenvalue weighted by Gasteiger charge is -2.44. The van der Waals surface area contributed by atoms with Gasteiger partial charge in [-0.05, 0) is 19.1 Å². The Morgan fingerprint density at radius 1 is 0.868 bits per heavy atom. The van der Waals surface area contributed by atoms with Gasteiger partial charge in [-0.1, -0.05) is 53.3 Å². The molecule has 1 aromatic rings. The molecule has 15 heteroatoms. The van der Waals surface area contributed by atoms with Crippen LogP contribution < -0.4 is 0 Å². The fraction of sp³-hybridized carbons (Fsp3) is 0.579. The third-order valence-electron chi connectivity index (χ3n) is 9.25. The van der Waals surface area contributed by atoms with Gasteiger partial charge in [0.05, 0.1) is 17.4 Å². The topological polar surface area (TPSA) is 208 Å². The van der Waals surface area contributed by atoms with Crippen molar-refractivity contribution in [3.63, 3.8) is 0 Å². The Bertz CT molecular complexity index is 1650. The van der Waals surface area contributed by atoms with E-state index < -0.39 is 113 Å². The molecule has 1 saturated carbocycles. The molecule has 0 spiro atoms. The molecule has 9 atom stereocenters. The van der Waals surface area contributed by atoms with Crippen LogP contribution in [0.3, 0.4) is 0 Å². The fourth-order valence-corrected chi connectivity index (χ4v) is 6.93. The van der Waals surface area contributed by atoms with Gasteiger partial charge in [0.25, 0.3) is 0 Å². The van der Waals surface area contributed by atoms with Gasteiger partial charge in [-0.2, -0.15) is 0 Å². The van der Waals surface area contributed by atoms with Crippen LogP contribution in [0.1, 0.15) is 86.0 Å². The molecule has 1 N–H and O–H groups in total. The standard InChI is InChI=1S/C38H49NO14/c1-19(2)34(45)51-29-21(4)28(48-22(5)40)27-32(52-35(46)26-13-12-16-39-17-26)37(11,53-25(8)43)18-38(27,47)31(44)20(3)14-15-36(9,10)33(50-24(7)42)30(29)49-23(6)41/h12-17,19-20,27-30,32-33,47H,4,18H2,1-3,5-11H3/t20-,27-,28-,29-,30+,32?,33+,37+,38+/m0/s1. The first kappa shape index (κ1) is 42.5. The zero-order chi connectivity index (χ0) is 40.2. The molecule has 0 bridgehead atoms. The van der Waals surface area contributed by atoms with Gasteiger partial charge in [-0.25, -0.2) is 4.79 Å². The molecule has 0 saturated heterocycles. The summed E-state index contributed by atoms with van der Waals surface area (Å²) in [7, 11) is 0. The zero-order valence-electron chi connectivity index (χ0n) is 31.7. The summed E-state index contributed by atoms with van der Waals surface area (Å²) in [6.45, 7) is 17.5. The van der Waals surface area contributed by atoms with Crippen LogP contribution in [0.15, 0.2) is 48.8 Å². The monoisotopic (exact) mass is 743 g/mol. The lowest BCUT2D eigenvalue weighted by Crippen LogP contribution is -2.58. The zero-order valence-corrected chi connectivity index (χ0v) is 31.7. The van der Waals surface area contributed by atoms with Crippen molar-refractivity contribution in [3.05, 3.63) is 54.4 Å². The second-order valence-electron chi connectivity index (χ2n) is 14.7. The van der Waals surface area contributed by atoms with Crippen LogP contribution in [0, 0.1) is 23.2 Å². The Labute approximate surface area is 308 Å². The number of ketones is 1. The molecule has 1 fully saturated rings. The van der Waals surface area contributed by atoms with Crippen LogP contribution in [0.2, 0.25) is 0 Å². The first-order valence-corrected chi connectivity index (χ1v) is 17.1. The maximum Gasteiger partial charge on any atom is 0.340 e. The second kappa shape index (κ2) is 16.4. The van der Waals surface area contributed by atoms with Gasteiger partial charge in [0.2, 0.25) is 0 Å². The molecule has 2 aliphatic rings. The van der Waals surface area contributed by atoms with Gasteiger partial charge < -0.3 is 33.5 Å². The van der Waals surface area contributed by atoms with E-state index in [1.165, 1.54) is 64.4 Å². The maximum absolute atomic E-state index is 14.6. The van der Waals surface area contributed by atoms with Gasteiger partial charge in [-0.3, -0.25) is 33.8 Å². The van der Waals surface area contributed by atoms with Crippen LogP contribution in [0.25, 0.3) is 0 Å². The summed E-state index contributed by atoms with van der Waals surface area (Å²) < 4.78 is 35.0. The second-order valence-corrected chi connectivity index (χ2v) is 14.7. The molecule has 15 nitrogen and oxygen atoms in total. The van der Waals surface area contributed by atoms with Gasteiger partial charge in [0.15, 0.2) is 30.2 Å². The number of rotatable bonds is 8. The van der Waals surface area contributed by atoms with Gasteiger partial charge >= 0.3 is 35.8 Å². The Balaban J connectivity index is 2.51. The third-order valence-corrected chi connectivity index (χ3v) is 9.25. The number of Topliss-reactive ketones (excluding diaryl/α,β-unsaturated/α-hetero) is 1. The van der Waals surface area contributed by atoms with Crippen molar-refractivity contribution >= 4 is 41.6 Å². The molecular formula is C38H49NO14. The average molecular weight is 744 g/mol. The number of carbonyl (C=O) groups excluding carboxylic acids is 7. The number of hydrogen-bond donors (Lipinski definition) is 1. The minimum atomic E-state index is -2.60. The third kappa shape index (κ3) is 9.55. The number of allylic oxidation sites excluding steroid dienone is 1. The molecule has 1 aromatic heterocycles. The number of aliphatic hydroxyl groups is 1. The van der Waals surface area contributed by atoms with Crippen molar-refractivity contribution < 1.29 is 67.1 Å². The predicted molar refractivity (Wildman–Crippen MR) is 184 cm³/mol. The molecule has 0 aromatic carbocycles. The molecule has 1 heterocycles. The highest BCUT2D eigenvalue weighted by molar-refractivity contribution is 5.93. The van der Waals surface area contributed by atoms with E-state index in [4.69, 9.17) is 28.4 Å². The SMILES string of the molecule is C=C1[C@H](OC(=O)C(C)C)[C@@H](OC(C)=O)[C@@H](OC(C)=O)C(C)(C)C=C[C@H](C)C(=O)[C@@]2(O)C[C@@](C)(OC(C)=O)C(OC(=O)c3cccnc3)[C@@H]2[C@H]1OC(C)=O. The average Bonchev–Trinajstić information content (AvgIpc) is 3.26. The lowest BCUT2D eigenvalue weighted by atomic mass is 9.72. The van der Waals surface area contributed by atoms with Crippen LogP contribution >= 0.6 is 0 Å². The Morgan fingerprint density at radius 2 is 1.47 bits per heavy atom. The van der Waals surface area contributed by atoms with E-state index in [2.05, 4.69) is 11.6 Å². The molecule has 2 aliphatic carbocycles. The molecule has 0 aliphatic heterocycles. The highest BCUT2D eigenvalue weighted by Crippen LogP contribution is 2.52. The van der Waals surface area contributed by atoms with E-state index in [0.29, 0.717) is 0 Å². The summed E-state index contributed by atoms with van der Waals surface area (Å²) in [6.07, 6.45) is -3.59. The minimum absolute atomic E-state index is 0.0446. The van der Waals surface area contributed by atoms with Crippen molar-refractivity contribution in [2.45, 2.75) is 117 Å². The van der Waals surface area contributed by atoms with Gasteiger partial charge in [0, 0.05) is 63.4 Å². The number of fused-ring (bicyclic) bond motifs is 1. The number of carbonyl (C=O) groups is 7. The summed E-state index contributed by atoms with van der Waals surface area (Å²) in [6, 6.07) is 2.86. The number of esters is 6. The highest BCUT2D eigenvalue weighted by atomic mass is 16.6. The van der Waals surface area contributed by atoms with Crippen LogP contribution in [0.5, 0.6) is 0 Å². The van der Waals surface area contributed by atoms with E-state index in [9.17, 15) is 38.7 Å². The van der Waals surface area contributed by atoms with Crippen molar-refractivity contribution in [3.8, 4) is 0 Å². The van der Waals surface area contributed by atoms with Crippen LogP contribution in [-0.2, 0) is 57.2 Å². The molecule has 0 amide bonds. The summed E-state index contributed by atoms with van der Waals surface area (Å²) in [5, 5.41) is 12.7. The summed E-state index contributed by atoms with van der Waals surface area (Å²) >= 11 is 0. The molecule has 0 radical (unpaired) electrons. The minimum Gasteiger partial charge on any atom is -0.458 e. The summed E-state index contributed by atoms with van der Waals surface area (Å²) in [4.78, 5) is 96.5. The number of pyridine rings is 1. The molecule has 3 rings (SSSR count). The van der Waals surface area contributed by atoms with Crippen molar-refractivity contribution in [2.24, 2.45) is 23.2 Å². The van der Waals surface area contributed by atoms with Crippen molar-refractivity contribution in [2.75, 3.05) is 0 Å². The smallest absolute Gasteiger partial charge is 0.340 e. The van der Waals surface area contributed by atoms with Gasteiger partial charge in [0.1, 0.15) is 17.3 Å². The van der Waals surface area contributed by atoms with E-state index in [1.807, 2.05) is 0 Å². The molecular weight excluding hydrogens is 694 g/mol. The quantitative estimate of drug-likeness (QED) is 0.230. The Kier molecular flexibility index (Phi) is 13.1. The first-order chi connectivity index (χ1) is 24.4. The van der Waals surface area contributed by atoms with E-state index in [0.717, 1.165) is 27.7 Å². The number of hydrogen-bond acceptors (Lipinski definition) is 15. The van der Waals surface area contributed by atoms with E-state index >= 15 is 0 Å². The molecule has 53 heavy (non-hydrogen) atoms. The predicted octanol–water partition coefficient (Wildman–Crippen LogP) is 3.40. The lowest BCUT2D eigenvalue weighted by molar-refractivity contribution is -0.193. The molecule has 290 valence electrons. The highest BCUT2D eigenvalue weighted by Gasteiger charge is 2.69. The summed E-state index contributed by atoms with van der Waals surface area (Å²) in [5.74, 6) is -9.90. The number of nitrogens with zero attached hydrogens (tertiary/aromatic N) is 1. The van der Waals surface area contributed by atoms with Gasteiger partial charge in [-0.15, -0.1) is 0 Å².